The topological polar surface area (TPSA) is 57.2 Å². The maximum atomic E-state index is 10.7. The highest BCUT2D eigenvalue weighted by Crippen LogP contribution is 2.22. The van der Waals surface area contributed by atoms with Gasteiger partial charge < -0.3 is 9.04 Å². The fraction of sp³-hybridized carbons (Fsp3) is 1.00. The molecule has 0 aliphatic carbocycles. The van der Waals surface area contributed by atoms with Crippen LogP contribution in [-0.4, -0.2) is 49.1 Å². The third-order valence-electron chi connectivity index (χ3n) is 4.23. The van der Waals surface area contributed by atoms with Gasteiger partial charge in [0, 0.05) is 12.8 Å². The van der Waals surface area contributed by atoms with Gasteiger partial charge in [-0.2, -0.15) is 13.2 Å². The van der Waals surface area contributed by atoms with Crippen LogP contribution in [0.3, 0.4) is 0 Å². The van der Waals surface area contributed by atoms with E-state index in [1.54, 1.807) is 0 Å². The first-order valence-corrected chi connectivity index (χ1v) is 9.86. The van der Waals surface area contributed by atoms with Crippen molar-refractivity contribution in [2.75, 3.05) is 26.2 Å². The number of rotatable bonds is 8. The van der Waals surface area contributed by atoms with Gasteiger partial charge in [0.25, 0.3) is 0 Å². The van der Waals surface area contributed by atoms with E-state index in [9.17, 15) is 13.2 Å². The standard InChI is InChI=1S/C14H30N.CHF3O3S/c1-3-5-6-7-8-12-15(11-4-2)13-9-10-14-15;2-1(3,4)8(5,6)7/h3-14H2,1-2H3;(H,5,6,7)/q+1;/p-1. The first kappa shape index (κ1) is 22.7. The number of halogens is 3. The number of likely N-dealkylation sites (tertiary alicyclic amines) is 1. The number of hydrogen-bond acceptors (Lipinski definition) is 3. The third-order valence-corrected chi connectivity index (χ3v) is 4.80. The van der Waals surface area contributed by atoms with Crippen molar-refractivity contribution < 1.29 is 30.6 Å². The van der Waals surface area contributed by atoms with Crippen molar-refractivity contribution in [2.45, 2.75) is 70.7 Å². The lowest BCUT2D eigenvalue weighted by atomic mass is 10.1. The molecule has 1 aliphatic rings. The lowest BCUT2D eigenvalue weighted by molar-refractivity contribution is -0.917. The molecule has 0 bridgehead atoms. The Bertz CT molecular complexity index is 405. The van der Waals surface area contributed by atoms with E-state index in [1.807, 2.05) is 0 Å². The second kappa shape index (κ2) is 10.5. The predicted molar refractivity (Wildman–Crippen MR) is 83.8 cm³/mol. The summed E-state index contributed by atoms with van der Waals surface area (Å²) in [5, 5.41) is 0. The van der Waals surface area contributed by atoms with E-state index in [2.05, 4.69) is 13.8 Å². The molecule has 0 unspecified atom stereocenters. The summed E-state index contributed by atoms with van der Waals surface area (Å²) in [6.07, 6.45) is 11.5. The molecule has 23 heavy (non-hydrogen) atoms. The Morgan fingerprint density at radius 2 is 1.39 bits per heavy atom. The van der Waals surface area contributed by atoms with E-state index in [0.717, 1.165) is 0 Å². The van der Waals surface area contributed by atoms with Crippen molar-refractivity contribution >= 4 is 10.1 Å². The zero-order valence-electron chi connectivity index (χ0n) is 14.2. The number of quaternary nitrogens is 1. The van der Waals surface area contributed by atoms with Crippen molar-refractivity contribution in [3.63, 3.8) is 0 Å². The van der Waals surface area contributed by atoms with Gasteiger partial charge in [0.15, 0.2) is 10.1 Å². The summed E-state index contributed by atoms with van der Waals surface area (Å²) in [6, 6.07) is 0. The van der Waals surface area contributed by atoms with E-state index in [0.29, 0.717) is 0 Å². The number of alkyl halides is 3. The van der Waals surface area contributed by atoms with Crippen LogP contribution < -0.4 is 0 Å². The van der Waals surface area contributed by atoms with E-state index in [4.69, 9.17) is 13.0 Å². The van der Waals surface area contributed by atoms with E-state index in [-0.39, 0.29) is 0 Å². The van der Waals surface area contributed by atoms with Crippen LogP contribution in [0.15, 0.2) is 0 Å². The van der Waals surface area contributed by atoms with Crippen LogP contribution in [0.25, 0.3) is 0 Å². The minimum absolute atomic E-state index is 1.37. The van der Waals surface area contributed by atoms with Crippen LogP contribution in [0.4, 0.5) is 13.2 Å². The maximum Gasteiger partial charge on any atom is 0.485 e. The molecular formula is C15H30F3NO3S. The van der Waals surface area contributed by atoms with Gasteiger partial charge in [0.05, 0.1) is 26.2 Å². The Kier molecular flexibility index (Phi) is 10.4. The molecule has 8 heteroatoms. The minimum Gasteiger partial charge on any atom is -0.741 e. The van der Waals surface area contributed by atoms with Crippen LogP contribution in [0, 0.1) is 0 Å². The summed E-state index contributed by atoms with van der Waals surface area (Å²) < 4.78 is 60.4. The summed E-state index contributed by atoms with van der Waals surface area (Å²) in [5.74, 6) is 0. The van der Waals surface area contributed by atoms with Crippen molar-refractivity contribution in [3.05, 3.63) is 0 Å². The van der Waals surface area contributed by atoms with Gasteiger partial charge in [0.1, 0.15) is 0 Å². The van der Waals surface area contributed by atoms with Gasteiger partial charge in [0.2, 0.25) is 0 Å². The van der Waals surface area contributed by atoms with Crippen molar-refractivity contribution in [2.24, 2.45) is 0 Å². The highest BCUT2D eigenvalue weighted by molar-refractivity contribution is 7.86. The first-order chi connectivity index (χ1) is 10.6. The van der Waals surface area contributed by atoms with Crippen molar-refractivity contribution in [1.82, 2.24) is 0 Å². The van der Waals surface area contributed by atoms with Gasteiger partial charge in [-0.25, -0.2) is 8.42 Å². The molecule has 0 radical (unpaired) electrons. The fourth-order valence-corrected chi connectivity index (χ4v) is 3.09. The Labute approximate surface area is 138 Å². The number of hydrogen-bond donors (Lipinski definition) is 0. The third kappa shape index (κ3) is 9.52. The van der Waals surface area contributed by atoms with Gasteiger partial charge in [-0.1, -0.05) is 33.1 Å². The van der Waals surface area contributed by atoms with Crippen LogP contribution in [0.2, 0.25) is 0 Å². The Morgan fingerprint density at radius 3 is 1.78 bits per heavy atom. The average molecular weight is 361 g/mol. The number of nitrogens with zero attached hydrogens (tertiary/aromatic N) is 1. The lowest BCUT2D eigenvalue weighted by Crippen LogP contribution is -2.46. The molecule has 1 fully saturated rings. The molecule has 0 atom stereocenters. The summed E-state index contributed by atoms with van der Waals surface area (Å²) in [7, 11) is -6.09. The molecule has 140 valence electrons. The summed E-state index contributed by atoms with van der Waals surface area (Å²) in [4.78, 5) is 0. The van der Waals surface area contributed by atoms with Gasteiger partial charge in [-0.15, -0.1) is 0 Å². The zero-order valence-corrected chi connectivity index (χ0v) is 15.0. The first-order valence-electron chi connectivity index (χ1n) is 8.45. The molecule has 1 saturated heterocycles. The molecular weight excluding hydrogens is 331 g/mol. The molecule has 1 heterocycles. The van der Waals surface area contributed by atoms with Crippen molar-refractivity contribution in [1.29, 1.82) is 0 Å². The average Bonchev–Trinajstić information content (AvgIpc) is 2.86. The monoisotopic (exact) mass is 361 g/mol. The van der Waals surface area contributed by atoms with Crippen molar-refractivity contribution in [3.8, 4) is 0 Å². The van der Waals surface area contributed by atoms with Crippen LogP contribution in [0.5, 0.6) is 0 Å². The quantitative estimate of drug-likeness (QED) is 0.284. The molecule has 0 aromatic rings. The summed E-state index contributed by atoms with van der Waals surface area (Å²) in [6.45, 7) is 10.5. The highest BCUT2D eigenvalue weighted by atomic mass is 32.2. The molecule has 1 rings (SSSR count). The van der Waals surface area contributed by atoms with Gasteiger partial charge in [-0.3, -0.25) is 0 Å². The highest BCUT2D eigenvalue weighted by Gasteiger charge is 2.36. The molecule has 4 nitrogen and oxygen atoms in total. The smallest absolute Gasteiger partial charge is 0.485 e. The SMILES string of the molecule is CCCCCCC[N+]1(CCC)CCCC1.O=S(=O)([O-])C(F)(F)F. The van der Waals surface area contributed by atoms with Gasteiger partial charge >= 0.3 is 5.51 Å². The molecule has 0 spiro atoms. The van der Waals surface area contributed by atoms with Crippen LogP contribution >= 0.6 is 0 Å². The Balaban J connectivity index is 0.000000515. The lowest BCUT2D eigenvalue weighted by Gasteiger charge is -2.34. The molecule has 0 amide bonds. The number of unbranched alkanes of at least 4 members (excludes halogenated alkanes) is 4. The fourth-order valence-electron chi connectivity index (χ4n) is 3.09. The van der Waals surface area contributed by atoms with Gasteiger partial charge in [-0.05, 0) is 19.3 Å². The maximum absolute atomic E-state index is 10.7. The summed E-state index contributed by atoms with van der Waals surface area (Å²) in [5.41, 5.74) is -5.65. The van der Waals surface area contributed by atoms with E-state index >= 15 is 0 Å². The van der Waals surface area contributed by atoms with Crippen LogP contribution in [-0.2, 0) is 10.1 Å². The molecule has 0 N–H and O–H groups in total. The second-order valence-corrected chi connectivity index (χ2v) is 7.63. The normalized spacial score (nSPS) is 17.7. The Hall–Kier alpha value is -0.340. The summed E-state index contributed by atoms with van der Waals surface area (Å²) >= 11 is 0. The second-order valence-electron chi connectivity index (χ2n) is 6.26. The Morgan fingerprint density at radius 1 is 0.913 bits per heavy atom. The molecule has 0 aromatic heterocycles. The van der Waals surface area contributed by atoms with E-state index < -0.39 is 15.6 Å². The largest absolute Gasteiger partial charge is 0.741 e. The zero-order chi connectivity index (χ0) is 18.0. The van der Waals surface area contributed by atoms with Crippen LogP contribution in [0.1, 0.15) is 65.2 Å². The van der Waals surface area contributed by atoms with E-state index in [1.165, 1.54) is 82.0 Å². The molecule has 0 saturated carbocycles. The minimum atomic E-state index is -6.09. The predicted octanol–water partition coefficient (Wildman–Crippen LogP) is 4.03. The molecule has 1 aliphatic heterocycles. The molecule has 0 aromatic carbocycles.